The average molecular weight is 332 g/mol. The van der Waals surface area contributed by atoms with Gasteiger partial charge in [-0.2, -0.15) is 0 Å². The van der Waals surface area contributed by atoms with E-state index >= 15 is 0 Å². The SMILES string of the molecule is CCc1ccc2c(c1)OCCC(OC(=O)Nc1nccs1)C2=O. The molecule has 6 nitrogen and oxygen atoms in total. The highest BCUT2D eigenvalue weighted by molar-refractivity contribution is 7.13. The van der Waals surface area contributed by atoms with Crippen molar-refractivity contribution in [3.63, 3.8) is 0 Å². The molecule has 1 unspecified atom stereocenters. The highest BCUT2D eigenvalue weighted by Gasteiger charge is 2.29. The molecular formula is C16H16N2O4S. The van der Waals surface area contributed by atoms with Crippen LogP contribution in [0, 0.1) is 0 Å². The average Bonchev–Trinajstić information content (AvgIpc) is 3.00. The number of carbonyl (C=O) groups is 2. The van der Waals surface area contributed by atoms with Gasteiger partial charge < -0.3 is 9.47 Å². The largest absolute Gasteiger partial charge is 0.493 e. The molecule has 0 aliphatic carbocycles. The molecular weight excluding hydrogens is 316 g/mol. The molecule has 1 atom stereocenters. The summed E-state index contributed by atoms with van der Waals surface area (Å²) in [5.41, 5.74) is 1.55. The minimum absolute atomic E-state index is 0.241. The molecule has 2 heterocycles. The summed E-state index contributed by atoms with van der Waals surface area (Å²) in [6.45, 7) is 2.36. The van der Waals surface area contributed by atoms with Crippen molar-refractivity contribution in [1.82, 2.24) is 4.98 Å². The van der Waals surface area contributed by atoms with Gasteiger partial charge in [-0.05, 0) is 24.1 Å². The van der Waals surface area contributed by atoms with Gasteiger partial charge in [0.2, 0.25) is 5.78 Å². The van der Waals surface area contributed by atoms with Crippen LogP contribution in [0.5, 0.6) is 5.75 Å². The Balaban J connectivity index is 1.73. The van der Waals surface area contributed by atoms with Crippen molar-refractivity contribution in [3.8, 4) is 5.75 Å². The predicted molar refractivity (Wildman–Crippen MR) is 86.3 cm³/mol. The number of carbonyl (C=O) groups excluding carboxylic acids is 2. The molecule has 0 radical (unpaired) electrons. The number of aryl methyl sites for hydroxylation is 1. The third-order valence-electron chi connectivity index (χ3n) is 3.54. The lowest BCUT2D eigenvalue weighted by Gasteiger charge is -2.14. The summed E-state index contributed by atoms with van der Waals surface area (Å²) in [7, 11) is 0. The first-order valence-corrected chi connectivity index (χ1v) is 8.22. The number of fused-ring (bicyclic) bond motifs is 1. The normalized spacial score (nSPS) is 16.9. The van der Waals surface area contributed by atoms with E-state index in [0.717, 1.165) is 12.0 Å². The second kappa shape index (κ2) is 6.78. The maximum absolute atomic E-state index is 12.6. The van der Waals surface area contributed by atoms with E-state index in [1.165, 1.54) is 11.3 Å². The van der Waals surface area contributed by atoms with Gasteiger partial charge in [0.05, 0.1) is 12.2 Å². The van der Waals surface area contributed by atoms with Crippen molar-refractivity contribution < 1.29 is 19.1 Å². The molecule has 1 aromatic carbocycles. The van der Waals surface area contributed by atoms with Crippen LogP contribution in [0.4, 0.5) is 9.93 Å². The Morgan fingerprint density at radius 3 is 3.13 bits per heavy atom. The molecule has 0 saturated carbocycles. The molecule has 1 aliphatic rings. The Hall–Kier alpha value is -2.41. The summed E-state index contributed by atoms with van der Waals surface area (Å²) in [4.78, 5) is 28.4. The van der Waals surface area contributed by atoms with Crippen LogP contribution >= 0.6 is 11.3 Å². The summed E-state index contributed by atoms with van der Waals surface area (Å²) in [6.07, 6.45) is 1.21. The van der Waals surface area contributed by atoms with E-state index in [4.69, 9.17) is 9.47 Å². The number of aromatic nitrogens is 1. The number of Topliss-reactive ketones (excluding diaryl/α,β-unsaturated/α-hetero) is 1. The van der Waals surface area contributed by atoms with Crippen molar-refractivity contribution in [2.75, 3.05) is 11.9 Å². The topological polar surface area (TPSA) is 77.5 Å². The van der Waals surface area contributed by atoms with Crippen LogP contribution in [0.15, 0.2) is 29.8 Å². The van der Waals surface area contributed by atoms with Gasteiger partial charge in [-0.15, -0.1) is 11.3 Å². The number of nitrogens with one attached hydrogen (secondary N) is 1. The summed E-state index contributed by atoms with van der Waals surface area (Å²) in [5.74, 6) is 0.315. The van der Waals surface area contributed by atoms with E-state index < -0.39 is 12.2 Å². The molecule has 0 bridgehead atoms. The van der Waals surface area contributed by atoms with E-state index in [0.29, 0.717) is 29.5 Å². The monoisotopic (exact) mass is 332 g/mol. The number of benzene rings is 1. The number of hydrogen-bond donors (Lipinski definition) is 1. The van der Waals surface area contributed by atoms with Gasteiger partial charge in [0, 0.05) is 18.0 Å². The Kier molecular flexibility index (Phi) is 4.57. The number of anilines is 1. The highest BCUT2D eigenvalue weighted by atomic mass is 32.1. The van der Waals surface area contributed by atoms with Crippen LogP contribution in [-0.4, -0.2) is 29.6 Å². The molecule has 1 N–H and O–H groups in total. The zero-order valence-electron chi connectivity index (χ0n) is 12.6. The molecule has 23 heavy (non-hydrogen) atoms. The van der Waals surface area contributed by atoms with Crippen LogP contribution in [0.3, 0.4) is 0 Å². The number of thiazole rings is 1. The van der Waals surface area contributed by atoms with E-state index in [1.54, 1.807) is 17.6 Å². The fourth-order valence-electron chi connectivity index (χ4n) is 2.33. The van der Waals surface area contributed by atoms with Crippen LogP contribution < -0.4 is 10.1 Å². The van der Waals surface area contributed by atoms with Crippen molar-refractivity contribution in [2.24, 2.45) is 0 Å². The minimum Gasteiger partial charge on any atom is -0.493 e. The van der Waals surface area contributed by atoms with Gasteiger partial charge in [-0.1, -0.05) is 13.0 Å². The van der Waals surface area contributed by atoms with Gasteiger partial charge in [0.25, 0.3) is 0 Å². The Morgan fingerprint density at radius 2 is 2.39 bits per heavy atom. The number of ketones is 1. The first kappa shape index (κ1) is 15.5. The molecule has 7 heteroatoms. The van der Waals surface area contributed by atoms with Gasteiger partial charge >= 0.3 is 6.09 Å². The fourth-order valence-corrected chi connectivity index (χ4v) is 2.85. The van der Waals surface area contributed by atoms with E-state index in [9.17, 15) is 9.59 Å². The fraction of sp³-hybridized carbons (Fsp3) is 0.312. The number of hydrogen-bond acceptors (Lipinski definition) is 6. The van der Waals surface area contributed by atoms with Crippen LogP contribution in [0.1, 0.15) is 29.3 Å². The van der Waals surface area contributed by atoms with E-state index in [2.05, 4.69) is 10.3 Å². The molecule has 0 fully saturated rings. The van der Waals surface area contributed by atoms with Crippen molar-refractivity contribution in [1.29, 1.82) is 0 Å². The maximum Gasteiger partial charge on any atom is 0.414 e. The van der Waals surface area contributed by atoms with Crippen LogP contribution in [-0.2, 0) is 11.2 Å². The molecule has 3 rings (SSSR count). The Bertz CT molecular complexity index is 715. The van der Waals surface area contributed by atoms with Crippen molar-refractivity contribution >= 4 is 28.3 Å². The highest BCUT2D eigenvalue weighted by Crippen LogP contribution is 2.27. The minimum atomic E-state index is -0.858. The lowest BCUT2D eigenvalue weighted by molar-refractivity contribution is 0.0638. The first-order chi connectivity index (χ1) is 11.2. The zero-order valence-corrected chi connectivity index (χ0v) is 13.4. The van der Waals surface area contributed by atoms with Crippen molar-refractivity contribution in [2.45, 2.75) is 25.9 Å². The van der Waals surface area contributed by atoms with Crippen LogP contribution in [0.2, 0.25) is 0 Å². The Morgan fingerprint density at radius 1 is 1.52 bits per heavy atom. The summed E-state index contributed by atoms with van der Waals surface area (Å²) >= 11 is 1.28. The summed E-state index contributed by atoms with van der Waals surface area (Å²) in [5, 5.41) is 4.67. The zero-order chi connectivity index (χ0) is 16.2. The number of nitrogens with zero attached hydrogens (tertiary/aromatic N) is 1. The molecule has 1 amide bonds. The summed E-state index contributed by atoms with van der Waals surface area (Å²) < 4.78 is 10.9. The summed E-state index contributed by atoms with van der Waals surface area (Å²) in [6, 6.07) is 5.49. The number of rotatable bonds is 3. The molecule has 1 aromatic heterocycles. The second-order valence-electron chi connectivity index (χ2n) is 5.04. The molecule has 1 aliphatic heterocycles. The Labute approximate surface area is 137 Å². The second-order valence-corrected chi connectivity index (χ2v) is 5.94. The standard InChI is InChI=1S/C16H16N2O4S/c1-2-10-3-4-11-13(9-10)21-7-5-12(14(11)19)22-16(20)18-15-17-6-8-23-15/h3-4,6,8-9,12H,2,5,7H2,1H3,(H,17,18,20). The lowest BCUT2D eigenvalue weighted by Crippen LogP contribution is -2.29. The number of ether oxygens (including phenoxy) is 2. The van der Waals surface area contributed by atoms with Gasteiger partial charge in [0.1, 0.15) is 5.75 Å². The van der Waals surface area contributed by atoms with E-state index in [1.807, 2.05) is 19.1 Å². The number of amides is 1. The molecule has 120 valence electrons. The third-order valence-corrected chi connectivity index (χ3v) is 4.23. The van der Waals surface area contributed by atoms with Gasteiger partial charge in [-0.3, -0.25) is 10.1 Å². The van der Waals surface area contributed by atoms with Gasteiger partial charge in [-0.25, -0.2) is 9.78 Å². The first-order valence-electron chi connectivity index (χ1n) is 7.34. The smallest absolute Gasteiger partial charge is 0.414 e. The molecule has 2 aromatic rings. The third kappa shape index (κ3) is 3.50. The predicted octanol–water partition coefficient (Wildman–Crippen LogP) is 3.29. The van der Waals surface area contributed by atoms with E-state index in [-0.39, 0.29) is 5.78 Å². The van der Waals surface area contributed by atoms with Gasteiger partial charge in [0.15, 0.2) is 11.2 Å². The molecule has 0 saturated heterocycles. The quantitative estimate of drug-likeness (QED) is 0.933. The van der Waals surface area contributed by atoms with Crippen molar-refractivity contribution in [3.05, 3.63) is 40.9 Å². The molecule has 0 spiro atoms. The lowest BCUT2D eigenvalue weighted by atomic mass is 10.0. The maximum atomic E-state index is 12.6. The van der Waals surface area contributed by atoms with Crippen LogP contribution in [0.25, 0.3) is 0 Å².